The zero-order valence-electron chi connectivity index (χ0n) is 15.2. The van der Waals surface area contributed by atoms with Crippen LogP contribution in [0, 0.1) is 6.92 Å². The molecule has 1 aliphatic rings. The highest BCUT2D eigenvalue weighted by Crippen LogP contribution is 2.21. The lowest BCUT2D eigenvalue weighted by Gasteiger charge is -2.38. The summed E-state index contributed by atoms with van der Waals surface area (Å²) < 4.78 is 1.96. The Labute approximate surface area is 153 Å². The SMILES string of the molecule is Cc1cccc2nc(C(=O)N(C)[C@@H]3CCCN(c4ccccn4)C3)cn12. The zero-order valence-corrected chi connectivity index (χ0v) is 15.2. The van der Waals surface area contributed by atoms with Crippen LogP contribution >= 0.6 is 0 Å². The van der Waals surface area contributed by atoms with E-state index in [1.165, 1.54) is 0 Å². The van der Waals surface area contributed by atoms with Gasteiger partial charge in [-0.25, -0.2) is 9.97 Å². The van der Waals surface area contributed by atoms with E-state index >= 15 is 0 Å². The molecule has 1 aliphatic heterocycles. The van der Waals surface area contributed by atoms with Crippen molar-refractivity contribution in [3.8, 4) is 0 Å². The van der Waals surface area contributed by atoms with Gasteiger partial charge in [0.15, 0.2) is 0 Å². The summed E-state index contributed by atoms with van der Waals surface area (Å²) in [5.41, 5.74) is 2.37. The lowest BCUT2D eigenvalue weighted by Crippen LogP contribution is -2.49. The van der Waals surface area contributed by atoms with Crippen molar-refractivity contribution >= 4 is 17.4 Å². The minimum Gasteiger partial charge on any atom is -0.355 e. The van der Waals surface area contributed by atoms with Crippen LogP contribution in [0.3, 0.4) is 0 Å². The Kier molecular flexibility index (Phi) is 4.32. The maximum Gasteiger partial charge on any atom is 0.274 e. The van der Waals surface area contributed by atoms with E-state index in [0.717, 1.165) is 43.1 Å². The second-order valence-corrected chi connectivity index (χ2v) is 6.87. The first kappa shape index (κ1) is 16.6. The maximum absolute atomic E-state index is 13.0. The summed E-state index contributed by atoms with van der Waals surface area (Å²) in [5, 5.41) is 0. The van der Waals surface area contributed by atoms with Crippen LogP contribution in [0.15, 0.2) is 48.8 Å². The van der Waals surface area contributed by atoms with Gasteiger partial charge in [0, 0.05) is 44.3 Å². The van der Waals surface area contributed by atoms with E-state index in [1.54, 1.807) is 0 Å². The van der Waals surface area contributed by atoms with Crippen LogP contribution in [-0.2, 0) is 0 Å². The number of amides is 1. The summed E-state index contributed by atoms with van der Waals surface area (Å²) in [6, 6.07) is 12.0. The summed E-state index contributed by atoms with van der Waals surface area (Å²) >= 11 is 0. The standard InChI is InChI=1S/C20H23N5O/c1-15-7-5-10-19-22-17(14-25(15)19)20(26)23(2)16-8-6-12-24(13-16)18-9-3-4-11-21-18/h3-5,7,9-11,14,16H,6,8,12-13H2,1-2H3/t16-/m1/s1. The molecule has 0 radical (unpaired) electrons. The molecule has 1 amide bonds. The molecule has 1 fully saturated rings. The molecule has 0 aliphatic carbocycles. The summed E-state index contributed by atoms with van der Waals surface area (Å²) in [5.74, 6) is 0.947. The molecule has 0 aromatic carbocycles. The molecule has 3 aromatic heterocycles. The maximum atomic E-state index is 13.0. The Morgan fingerprint density at radius 2 is 2.12 bits per heavy atom. The fraction of sp³-hybridized carbons (Fsp3) is 0.350. The number of aromatic nitrogens is 3. The average Bonchev–Trinajstić information content (AvgIpc) is 3.13. The van der Waals surface area contributed by atoms with Crippen molar-refractivity contribution in [2.45, 2.75) is 25.8 Å². The van der Waals surface area contributed by atoms with E-state index in [0.29, 0.717) is 5.69 Å². The number of aryl methyl sites for hydroxylation is 1. The molecule has 6 heteroatoms. The molecule has 0 spiro atoms. The summed E-state index contributed by atoms with van der Waals surface area (Å²) in [6.07, 6.45) is 5.69. The number of hydrogen-bond acceptors (Lipinski definition) is 4. The number of likely N-dealkylation sites (N-methyl/N-ethyl adjacent to an activating group) is 1. The molecule has 0 N–H and O–H groups in total. The number of carbonyl (C=O) groups excluding carboxylic acids is 1. The molecule has 26 heavy (non-hydrogen) atoms. The number of anilines is 1. The highest BCUT2D eigenvalue weighted by Gasteiger charge is 2.28. The van der Waals surface area contributed by atoms with Crippen LogP contribution in [0.5, 0.6) is 0 Å². The van der Waals surface area contributed by atoms with Crippen LogP contribution in [0.2, 0.25) is 0 Å². The number of nitrogens with zero attached hydrogens (tertiary/aromatic N) is 5. The van der Waals surface area contributed by atoms with Gasteiger partial charge in [-0.15, -0.1) is 0 Å². The molecule has 0 bridgehead atoms. The molecule has 3 aromatic rings. The van der Waals surface area contributed by atoms with Gasteiger partial charge in [0.05, 0.1) is 0 Å². The second-order valence-electron chi connectivity index (χ2n) is 6.87. The van der Waals surface area contributed by atoms with Crippen LogP contribution < -0.4 is 4.90 Å². The molecule has 1 saturated heterocycles. The van der Waals surface area contributed by atoms with E-state index in [2.05, 4.69) is 14.9 Å². The fourth-order valence-corrected chi connectivity index (χ4v) is 3.62. The second kappa shape index (κ2) is 6.78. The molecular weight excluding hydrogens is 326 g/mol. The van der Waals surface area contributed by atoms with E-state index in [1.807, 2.05) is 72.1 Å². The normalized spacial score (nSPS) is 17.5. The first-order valence-corrected chi connectivity index (χ1v) is 9.01. The minimum absolute atomic E-state index is 0.0269. The van der Waals surface area contributed by atoms with Gasteiger partial charge in [-0.3, -0.25) is 4.79 Å². The number of rotatable bonds is 3. The lowest BCUT2D eigenvalue weighted by molar-refractivity contribution is 0.0712. The van der Waals surface area contributed by atoms with Gasteiger partial charge < -0.3 is 14.2 Å². The van der Waals surface area contributed by atoms with Crippen LogP contribution in [-0.4, -0.2) is 51.4 Å². The van der Waals surface area contributed by atoms with Crippen molar-refractivity contribution in [2.24, 2.45) is 0 Å². The Bertz CT molecular complexity index is 920. The van der Waals surface area contributed by atoms with Crippen molar-refractivity contribution < 1.29 is 4.79 Å². The highest BCUT2D eigenvalue weighted by molar-refractivity contribution is 5.93. The third-order valence-corrected chi connectivity index (χ3v) is 5.15. The van der Waals surface area contributed by atoms with E-state index < -0.39 is 0 Å². The van der Waals surface area contributed by atoms with Gasteiger partial charge in [0.25, 0.3) is 5.91 Å². The Balaban J connectivity index is 1.53. The Morgan fingerprint density at radius 3 is 2.88 bits per heavy atom. The van der Waals surface area contributed by atoms with Crippen molar-refractivity contribution in [1.82, 2.24) is 19.3 Å². The summed E-state index contributed by atoms with van der Waals surface area (Å²) in [7, 11) is 1.88. The average molecular weight is 349 g/mol. The zero-order chi connectivity index (χ0) is 18.1. The largest absolute Gasteiger partial charge is 0.355 e. The van der Waals surface area contributed by atoms with E-state index in [4.69, 9.17) is 0 Å². The third-order valence-electron chi connectivity index (χ3n) is 5.15. The predicted octanol–water partition coefficient (Wildman–Crippen LogP) is 2.78. The third kappa shape index (κ3) is 3.03. The molecule has 1 atom stereocenters. The van der Waals surface area contributed by atoms with Crippen molar-refractivity contribution in [3.63, 3.8) is 0 Å². The van der Waals surface area contributed by atoms with E-state index in [9.17, 15) is 4.79 Å². The van der Waals surface area contributed by atoms with Gasteiger partial charge >= 0.3 is 0 Å². The van der Waals surface area contributed by atoms with Crippen molar-refractivity contribution in [2.75, 3.05) is 25.0 Å². The van der Waals surface area contributed by atoms with Gasteiger partial charge in [-0.05, 0) is 44.0 Å². The molecule has 134 valence electrons. The fourth-order valence-electron chi connectivity index (χ4n) is 3.62. The van der Waals surface area contributed by atoms with Gasteiger partial charge in [0.1, 0.15) is 17.2 Å². The number of imidazole rings is 1. The molecular formula is C20H23N5O. The summed E-state index contributed by atoms with van der Waals surface area (Å²) in [6.45, 7) is 3.78. The number of piperidine rings is 1. The molecule has 4 heterocycles. The first-order valence-electron chi connectivity index (χ1n) is 9.01. The summed E-state index contributed by atoms with van der Waals surface area (Å²) in [4.78, 5) is 26.0. The smallest absolute Gasteiger partial charge is 0.274 e. The number of pyridine rings is 2. The van der Waals surface area contributed by atoms with E-state index in [-0.39, 0.29) is 11.9 Å². The van der Waals surface area contributed by atoms with Crippen molar-refractivity contribution in [3.05, 3.63) is 60.2 Å². The number of fused-ring (bicyclic) bond motifs is 1. The van der Waals surface area contributed by atoms with Gasteiger partial charge in [-0.1, -0.05) is 12.1 Å². The quantitative estimate of drug-likeness (QED) is 0.730. The Hall–Kier alpha value is -2.89. The number of carbonyl (C=O) groups is 1. The molecule has 4 rings (SSSR count). The topological polar surface area (TPSA) is 53.7 Å². The Morgan fingerprint density at radius 1 is 1.23 bits per heavy atom. The minimum atomic E-state index is -0.0269. The van der Waals surface area contributed by atoms with Gasteiger partial charge in [-0.2, -0.15) is 0 Å². The predicted molar refractivity (Wildman–Crippen MR) is 101 cm³/mol. The monoisotopic (exact) mass is 349 g/mol. The van der Waals surface area contributed by atoms with Crippen LogP contribution in [0.1, 0.15) is 29.0 Å². The van der Waals surface area contributed by atoms with Crippen LogP contribution in [0.25, 0.3) is 5.65 Å². The molecule has 0 unspecified atom stereocenters. The van der Waals surface area contributed by atoms with Crippen LogP contribution in [0.4, 0.5) is 5.82 Å². The first-order chi connectivity index (χ1) is 12.6. The van der Waals surface area contributed by atoms with Crippen molar-refractivity contribution in [1.29, 1.82) is 0 Å². The molecule has 0 saturated carbocycles. The molecule has 6 nitrogen and oxygen atoms in total. The number of hydrogen-bond donors (Lipinski definition) is 0. The van der Waals surface area contributed by atoms with Gasteiger partial charge in [0.2, 0.25) is 0 Å². The highest BCUT2D eigenvalue weighted by atomic mass is 16.2. The lowest BCUT2D eigenvalue weighted by atomic mass is 10.0.